The molecule has 0 saturated carbocycles. The fourth-order valence-corrected chi connectivity index (χ4v) is 3.99. The number of furan rings is 1. The largest absolute Gasteiger partial charge is 0.480 e. The molecule has 2 aromatic carbocycles. The molecule has 0 unspecified atom stereocenters. The van der Waals surface area contributed by atoms with Gasteiger partial charge >= 0.3 is 5.97 Å². The highest BCUT2D eigenvalue weighted by Gasteiger charge is 2.19. The first-order valence-corrected chi connectivity index (χ1v) is 11.1. The molecule has 4 aromatic rings. The van der Waals surface area contributed by atoms with E-state index in [2.05, 4.69) is 10.4 Å². The smallest absolute Gasteiger partial charge is 0.318 e. The van der Waals surface area contributed by atoms with E-state index in [0.29, 0.717) is 17.1 Å². The molecule has 2 aromatic heterocycles. The molecule has 0 saturated heterocycles. The quantitative estimate of drug-likeness (QED) is 0.362. The van der Waals surface area contributed by atoms with Crippen LogP contribution in [0, 0.1) is 0 Å². The van der Waals surface area contributed by atoms with Gasteiger partial charge in [-0.05, 0) is 48.5 Å². The maximum atomic E-state index is 12.8. The summed E-state index contributed by atoms with van der Waals surface area (Å²) in [7, 11) is -3.98. The van der Waals surface area contributed by atoms with Crippen LogP contribution in [-0.4, -0.2) is 41.7 Å². The monoisotopic (exact) mass is 466 g/mol. The lowest BCUT2D eigenvalue weighted by atomic mass is 10.2. The number of carboxylic acids is 1. The number of nitrogens with one attached hydrogen (secondary N) is 2. The SMILES string of the molecule is O=C(O)CNS(=O)(=O)c1ccc(NC(=O)c2cc(-c3ccco3)n(-c3ccccc3)n2)cc1. The number of carbonyl (C=O) groups excluding carboxylic acids is 1. The third-order valence-corrected chi connectivity index (χ3v) is 5.97. The summed E-state index contributed by atoms with van der Waals surface area (Å²) < 4.78 is 33.2. The third kappa shape index (κ3) is 5.00. The summed E-state index contributed by atoms with van der Waals surface area (Å²) in [5.74, 6) is -1.27. The highest BCUT2D eigenvalue weighted by molar-refractivity contribution is 7.89. The van der Waals surface area contributed by atoms with E-state index in [1.807, 2.05) is 35.1 Å². The van der Waals surface area contributed by atoms with Crippen LogP contribution in [0.1, 0.15) is 10.5 Å². The van der Waals surface area contributed by atoms with Crippen LogP contribution in [0.3, 0.4) is 0 Å². The number of nitrogens with zero attached hydrogens (tertiary/aromatic N) is 2. The standard InChI is InChI=1S/C22H18N4O6S/c27-21(28)14-23-33(30,31)17-10-8-15(9-11-17)24-22(29)18-13-19(20-7-4-12-32-20)26(25-18)16-5-2-1-3-6-16/h1-13,23H,14H2,(H,24,29)(H,27,28). The first-order valence-electron chi connectivity index (χ1n) is 9.66. The minimum Gasteiger partial charge on any atom is -0.480 e. The molecule has 0 spiro atoms. The Hall–Kier alpha value is -4.22. The maximum Gasteiger partial charge on any atom is 0.318 e. The van der Waals surface area contributed by atoms with Gasteiger partial charge in [-0.2, -0.15) is 9.82 Å². The Morgan fingerprint density at radius 1 is 1.00 bits per heavy atom. The summed E-state index contributed by atoms with van der Waals surface area (Å²) in [6, 6.07) is 19.7. The minimum atomic E-state index is -3.98. The van der Waals surface area contributed by atoms with E-state index in [-0.39, 0.29) is 10.6 Å². The second-order valence-electron chi connectivity index (χ2n) is 6.84. The van der Waals surface area contributed by atoms with Gasteiger partial charge in [0.2, 0.25) is 10.0 Å². The van der Waals surface area contributed by atoms with Crippen LogP contribution in [0.5, 0.6) is 0 Å². The number of aliphatic carboxylic acids is 1. The van der Waals surface area contributed by atoms with E-state index in [4.69, 9.17) is 9.52 Å². The van der Waals surface area contributed by atoms with Gasteiger partial charge in [-0.1, -0.05) is 18.2 Å². The van der Waals surface area contributed by atoms with Crippen LogP contribution >= 0.6 is 0 Å². The summed E-state index contributed by atoms with van der Waals surface area (Å²) >= 11 is 0. The Kier molecular flexibility index (Phi) is 6.07. The fourth-order valence-electron chi connectivity index (χ4n) is 3.01. The van der Waals surface area contributed by atoms with Crippen molar-refractivity contribution in [3.05, 3.63) is 84.8 Å². The molecule has 0 fully saturated rings. The molecule has 4 rings (SSSR count). The maximum absolute atomic E-state index is 12.8. The lowest BCUT2D eigenvalue weighted by Gasteiger charge is -2.07. The molecule has 33 heavy (non-hydrogen) atoms. The second-order valence-corrected chi connectivity index (χ2v) is 8.60. The Morgan fingerprint density at radius 3 is 2.36 bits per heavy atom. The van der Waals surface area contributed by atoms with Crippen LogP contribution in [0.15, 0.2) is 88.4 Å². The van der Waals surface area contributed by atoms with Gasteiger partial charge < -0.3 is 14.8 Å². The molecule has 10 nitrogen and oxygen atoms in total. The van der Waals surface area contributed by atoms with Crippen LogP contribution in [-0.2, 0) is 14.8 Å². The van der Waals surface area contributed by atoms with Crippen molar-refractivity contribution >= 4 is 27.6 Å². The number of carbonyl (C=O) groups is 2. The number of anilines is 1. The zero-order chi connectivity index (χ0) is 23.4. The normalized spacial score (nSPS) is 11.3. The number of amides is 1. The molecule has 0 aliphatic carbocycles. The first-order chi connectivity index (χ1) is 15.8. The first kappa shape index (κ1) is 22.0. The summed E-state index contributed by atoms with van der Waals surface area (Å²) in [5.41, 5.74) is 1.80. The highest BCUT2D eigenvalue weighted by Crippen LogP contribution is 2.25. The van der Waals surface area contributed by atoms with Crippen molar-refractivity contribution in [2.75, 3.05) is 11.9 Å². The molecule has 3 N–H and O–H groups in total. The number of hydrogen-bond acceptors (Lipinski definition) is 6. The summed E-state index contributed by atoms with van der Waals surface area (Å²) in [4.78, 5) is 23.3. The van der Waals surface area contributed by atoms with Gasteiger partial charge in [0, 0.05) is 11.8 Å². The predicted molar refractivity (Wildman–Crippen MR) is 118 cm³/mol. The average molecular weight is 466 g/mol. The van der Waals surface area contributed by atoms with E-state index < -0.39 is 28.4 Å². The van der Waals surface area contributed by atoms with Crippen molar-refractivity contribution in [1.82, 2.24) is 14.5 Å². The van der Waals surface area contributed by atoms with Crippen molar-refractivity contribution < 1.29 is 27.5 Å². The number of para-hydroxylation sites is 1. The molecular weight excluding hydrogens is 448 g/mol. The third-order valence-electron chi connectivity index (χ3n) is 4.55. The second kappa shape index (κ2) is 9.10. The number of carboxylic acid groups (broad SMARTS) is 1. The zero-order valence-corrected chi connectivity index (χ0v) is 17.8. The van der Waals surface area contributed by atoms with E-state index in [9.17, 15) is 18.0 Å². The van der Waals surface area contributed by atoms with Gasteiger partial charge in [0.15, 0.2) is 11.5 Å². The van der Waals surface area contributed by atoms with Gasteiger partial charge in [0.25, 0.3) is 5.91 Å². The summed E-state index contributed by atoms with van der Waals surface area (Å²) in [6.07, 6.45) is 1.53. The minimum absolute atomic E-state index is 0.129. The summed E-state index contributed by atoms with van der Waals surface area (Å²) in [6.45, 7) is -0.733. The zero-order valence-electron chi connectivity index (χ0n) is 17.0. The molecule has 168 valence electrons. The predicted octanol–water partition coefficient (Wildman–Crippen LogP) is 2.75. The van der Waals surface area contributed by atoms with Gasteiger partial charge in [-0.25, -0.2) is 13.1 Å². The van der Waals surface area contributed by atoms with Crippen molar-refractivity contribution in [2.24, 2.45) is 0 Å². The number of aromatic nitrogens is 2. The van der Waals surface area contributed by atoms with Crippen molar-refractivity contribution in [2.45, 2.75) is 4.90 Å². The topological polar surface area (TPSA) is 144 Å². The number of sulfonamides is 1. The van der Waals surface area contributed by atoms with Crippen molar-refractivity contribution in [1.29, 1.82) is 0 Å². The average Bonchev–Trinajstić information content (AvgIpc) is 3.49. The molecule has 11 heteroatoms. The lowest BCUT2D eigenvalue weighted by Crippen LogP contribution is -2.29. The van der Waals surface area contributed by atoms with Crippen LogP contribution in [0.2, 0.25) is 0 Å². The Balaban J connectivity index is 1.56. The fraction of sp³-hybridized carbons (Fsp3) is 0.0455. The van der Waals surface area contributed by atoms with Crippen LogP contribution < -0.4 is 10.0 Å². The number of hydrogen-bond donors (Lipinski definition) is 3. The number of rotatable bonds is 8. The van der Waals surface area contributed by atoms with E-state index >= 15 is 0 Å². The van der Waals surface area contributed by atoms with Crippen molar-refractivity contribution in [3.63, 3.8) is 0 Å². The van der Waals surface area contributed by atoms with Gasteiger partial charge in [0.1, 0.15) is 12.2 Å². The molecule has 1 amide bonds. The van der Waals surface area contributed by atoms with Crippen LogP contribution in [0.25, 0.3) is 17.1 Å². The summed E-state index contributed by atoms with van der Waals surface area (Å²) in [5, 5.41) is 15.7. The lowest BCUT2D eigenvalue weighted by molar-refractivity contribution is -0.135. The van der Waals surface area contributed by atoms with Gasteiger partial charge in [-0.3, -0.25) is 9.59 Å². The molecule has 0 bridgehead atoms. The Labute approximate surface area is 188 Å². The van der Waals surface area contributed by atoms with Crippen molar-refractivity contribution in [3.8, 4) is 17.1 Å². The van der Waals surface area contributed by atoms with E-state index in [1.165, 1.54) is 30.5 Å². The molecule has 0 aliphatic heterocycles. The molecule has 0 radical (unpaired) electrons. The van der Waals surface area contributed by atoms with E-state index in [1.54, 1.807) is 22.9 Å². The molecular formula is C22H18N4O6S. The van der Waals surface area contributed by atoms with Gasteiger partial charge in [-0.15, -0.1) is 0 Å². The van der Waals surface area contributed by atoms with E-state index in [0.717, 1.165) is 5.69 Å². The highest BCUT2D eigenvalue weighted by atomic mass is 32.2. The van der Waals surface area contributed by atoms with Crippen LogP contribution in [0.4, 0.5) is 5.69 Å². The van der Waals surface area contributed by atoms with Gasteiger partial charge in [0.05, 0.1) is 16.8 Å². The molecule has 0 atom stereocenters. The molecule has 2 heterocycles. The molecule has 0 aliphatic rings. The number of benzene rings is 2. The Bertz CT molecular complexity index is 1380. The Morgan fingerprint density at radius 2 is 1.73 bits per heavy atom.